The predicted molar refractivity (Wildman–Crippen MR) is 88.1 cm³/mol. The van der Waals surface area contributed by atoms with Crippen LogP contribution in [0.15, 0.2) is 52.2 Å². The highest BCUT2D eigenvalue weighted by molar-refractivity contribution is 7.98. The number of aromatic nitrogens is 1. The summed E-state index contributed by atoms with van der Waals surface area (Å²) in [4.78, 5) is 4.21. The highest BCUT2D eigenvalue weighted by atomic mass is 32.2. The van der Waals surface area contributed by atoms with E-state index in [-0.39, 0.29) is 18.4 Å². The van der Waals surface area contributed by atoms with Gasteiger partial charge in [-0.05, 0) is 36.4 Å². The molecule has 2 aromatic carbocycles. The first-order valence-electron chi connectivity index (χ1n) is 7.55. The maximum Gasteiger partial charge on any atom is 0.256 e. The third kappa shape index (κ3) is 3.52. The molecule has 0 spiro atoms. The smallest absolute Gasteiger partial charge is 0.256 e. The summed E-state index contributed by atoms with van der Waals surface area (Å²) in [6.45, 7) is 0.489. The summed E-state index contributed by atoms with van der Waals surface area (Å²) >= 11 is 1.33. The SMILES string of the molecule is Fc1ccc(-c2cnc(SCc3cc(F)cc4c3OCOC4)o2)cc1. The van der Waals surface area contributed by atoms with E-state index >= 15 is 0 Å². The average Bonchev–Trinajstić information content (AvgIpc) is 3.09. The van der Waals surface area contributed by atoms with E-state index in [1.54, 1.807) is 18.3 Å². The van der Waals surface area contributed by atoms with Gasteiger partial charge in [-0.15, -0.1) is 0 Å². The van der Waals surface area contributed by atoms with Gasteiger partial charge in [-0.1, -0.05) is 11.8 Å². The Bertz CT molecular complexity index is 896. The maximum atomic E-state index is 13.7. The van der Waals surface area contributed by atoms with Gasteiger partial charge in [-0.2, -0.15) is 0 Å². The molecule has 128 valence electrons. The Morgan fingerprint density at radius 1 is 1.08 bits per heavy atom. The normalized spacial score (nSPS) is 13.4. The van der Waals surface area contributed by atoms with Gasteiger partial charge in [0, 0.05) is 22.4 Å². The average molecular weight is 361 g/mol. The standard InChI is InChI=1S/C18H13F2NO3S/c19-14-3-1-11(2-4-14)16-7-21-18(24-16)25-9-13-6-15(20)5-12-8-22-10-23-17(12)13/h1-7H,8-10H2. The second kappa shape index (κ2) is 6.85. The molecule has 0 amide bonds. The predicted octanol–water partition coefficient (Wildman–Crippen LogP) is 4.78. The van der Waals surface area contributed by atoms with Gasteiger partial charge in [-0.25, -0.2) is 13.8 Å². The molecule has 4 nitrogen and oxygen atoms in total. The molecule has 0 atom stereocenters. The fourth-order valence-corrected chi connectivity index (χ4v) is 3.35. The van der Waals surface area contributed by atoms with Gasteiger partial charge in [0.1, 0.15) is 17.4 Å². The molecule has 0 saturated heterocycles. The van der Waals surface area contributed by atoms with Crippen molar-refractivity contribution in [3.05, 3.63) is 65.4 Å². The van der Waals surface area contributed by atoms with Crippen LogP contribution in [-0.4, -0.2) is 11.8 Å². The van der Waals surface area contributed by atoms with E-state index < -0.39 is 0 Å². The first kappa shape index (κ1) is 16.1. The van der Waals surface area contributed by atoms with Crippen LogP contribution in [0.25, 0.3) is 11.3 Å². The number of hydrogen-bond acceptors (Lipinski definition) is 5. The first-order valence-corrected chi connectivity index (χ1v) is 8.54. The summed E-state index contributed by atoms with van der Waals surface area (Å²) in [6.07, 6.45) is 1.58. The quantitative estimate of drug-likeness (QED) is 0.626. The number of oxazole rings is 1. The Hall–Kier alpha value is -2.38. The Labute approximate surface area is 146 Å². The van der Waals surface area contributed by atoms with Crippen LogP contribution >= 0.6 is 11.8 Å². The number of halogens is 2. The van der Waals surface area contributed by atoms with Crippen LogP contribution in [0.1, 0.15) is 11.1 Å². The highest BCUT2D eigenvalue weighted by Crippen LogP contribution is 2.34. The molecule has 0 bridgehead atoms. The summed E-state index contributed by atoms with van der Waals surface area (Å²) in [5.41, 5.74) is 2.16. The fourth-order valence-electron chi connectivity index (χ4n) is 2.58. The summed E-state index contributed by atoms with van der Waals surface area (Å²) < 4.78 is 43.1. The first-order chi connectivity index (χ1) is 12.2. The van der Waals surface area contributed by atoms with Gasteiger partial charge in [0.2, 0.25) is 0 Å². The number of hydrogen-bond donors (Lipinski definition) is 0. The molecule has 25 heavy (non-hydrogen) atoms. The topological polar surface area (TPSA) is 44.5 Å². The van der Waals surface area contributed by atoms with Crippen molar-refractivity contribution in [2.75, 3.05) is 6.79 Å². The molecule has 1 aromatic heterocycles. The van der Waals surface area contributed by atoms with Gasteiger partial charge in [-0.3, -0.25) is 0 Å². The zero-order chi connectivity index (χ0) is 17.2. The lowest BCUT2D eigenvalue weighted by atomic mass is 10.1. The molecular formula is C18H13F2NO3S. The molecule has 1 aliphatic heterocycles. The second-order valence-corrected chi connectivity index (χ2v) is 6.38. The van der Waals surface area contributed by atoms with Crippen LogP contribution in [0.3, 0.4) is 0 Å². The van der Waals surface area contributed by atoms with Crippen molar-refractivity contribution in [2.24, 2.45) is 0 Å². The molecule has 2 heterocycles. The van der Waals surface area contributed by atoms with Crippen LogP contribution in [0.4, 0.5) is 8.78 Å². The van der Waals surface area contributed by atoms with E-state index in [2.05, 4.69) is 4.98 Å². The minimum Gasteiger partial charge on any atom is -0.467 e. The van der Waals surface area contributed by atoms with Gasteiger partial charge < -0.3 is 13.9 Å². The van der Waals surface area contributed by atoms with E-state index in [9.17, 15) is 8.78 Å². The fraction of sp³-hybridized carbons (Fsp3) is 0.167. The maximum absolute atomic E-state index is 13.7. The minimum atomic E-state index is -0.331. The Kier molecular flexibility index (Phi) is 4.42. The van der Waals surface area contributed by atoms with Gasteiger partial charge in [0.25, 0.3) is 5.22 Å². The molecule has 7 heteroatoms. The van der Waals surface area contributed by atoms with Crippen molar-refractivity contribution in [3.63, 3.8) is 0 Å². The molecule has 0 N–H and O–H groups in total. The number of nitrogens with zero attached hydrogens (tertiary/aromatic N) is 1. The highest BCUT2D eigenvalue weighted by Gasteiger charge is 2.18. The molecule has 3 aromatic rings. The van der Waals surface area contributed by atoms with Crippen LogP contribution in [-0.2, 0) is 17.1 Å². The Morgan fingerprint density at radius 2 is 1.92 bits per heavy atom. The molecule has 4 rings (SSSR count). The molecule has 0 fully saturated rings. The largest absolute Gasteiger partial charge is 0.467 e. The van der Waals surface area contributed by atoms with Crippen molar-refractivity contribution in [2.45, 2.75) is 17.6 Å². The zero-order valence-electron chi connectivity index (χ0n) is 13.0. The number of rotatable bonds is 4. The zero-order valence-corrected chi connectivity index (χ0v) is 13.8. The van der Waals surface area contributed by atoms with Crippen LogP contribution < -0.4 is 4.74 Å². The van der Waals surface area contributed by atoms with Crippen molar-refractivity contribution >= 4 is 11.8 Å². The monoisotopic (exact) mass is 361 g/mol. The van der Waals surface area contributed by atoms with Crippen molar-refractivity contribution in [3.8, 4) is 17.1 Å². The molecule has 0 saturated carbocycles. The summed E-state index contributed by atoms with van der Waals surface area (Å²) in [7, 11) is 0. The lowest BCUT2D eigenvalue weighted by Gasteiger charge is -2.20. The van der Waals surface area contributed by atoms with Gasteiger partial charge >= 0.3 is 0 Å². The second-order valence-electron chi connectivity index (χ2n) is 5.45. The van der Waals surface area contributed by atoms with E-state index in [0.717, 1.165) is 11.1 Å². The third-order valence-electron chi connectivity index (χ3n) is 3.72. The van der Waals surface area contributed by atoms with Gasteiger partial charge in [0.05, 0.1) is 12.8 Å². The molecule has 1 aliphatic rings. The van der Waals surface area contributed by atoms with Crippen LogP contribution in [0, 0.1) is 11.6 Å². The third-order valence-corrected chi connectivity index (χ3v) is 4.61. The van der Waals surface area contributed by atoms with E-state index in [0.29, 0.717) is 34.7 Å². The number of thioether (sulfide) groups is 1. The Morgan fingerprint density at radius 3 is 2.76 bits per heavy atom. The van der Waals surface area contributed by atoms with Crippen molar-refractivity contribution in [1.29, 1.82) is 0 Å². The molecule has 0 unspecified atom stereocenters. The van der Waals surface area contributed by atoms with E-state index in [4.69, 9.17) is 13.9 Å². The summed E-state index contributed by atoms with van der Waals surface area (Å²) in [6, 6.07) is 8.84. The number of ether oxygens (including phenoxy) is 2. The Balaban J connectivity index is 1.51. The van der Waals surface area contributed by atoms with Gasteiger partial charge in [0.15, 0.2) is 12.6 Å². The summed E-state index contributed by atoms with van der Waals surface area (Å²) in [5.74, 6) is 1.02. The van der Waals surface area contributed by atoms with Crippen LogP contribution in [0.5, 0.6) is 5.75 Å². The minimum absolute atomic E-state index is 0.157. The van der Waals surface area contributed by atoms with Crippen molar-refractivity contribution in [1.82, 2.24) is 4.98 Å². The number of benzene rings is 2. The summed E-state index contributed by atoms with van der Waals surface area (Å²) in [5, 5.41) is 0.449. The lowest BCUT2D eigenvalue weighted by molar-refractivity contribution is -0.0171. The number of fused-ring (bicyclic) bond motifs is 1. The lowest BCUT2D eigenvalue weighted by Crippen LogP contribution is -2.13. The molecular weight excluding hydrogens is 348 g/mol. The van der Waals surface area contributed by atoms with Crippen molar-refractivity contribution < 1.29 is 22.7 Å². The van der Waals surface area contributed by atoms with E-state index in [1.165, 1.54) is 36.0 Å². The molecule has 0 aliphatic carbocycles. The molecule has 0 radical (unpaired) electrons. The van der Waals surface area contributed by atoms with E-state index in [1.807, 2.05) is 0 Å². The van der Waals surface area contributed by atoms with Crippen LogP contribution in [0.2, 0.25) is 0 Å².